The smallest absolute Gasteiger partial charge is 0.263 e. The molecule has 1 N–H and O–H groups in total. The minimum atomic E-state index is -3.98. The van der Waals surface area contributed by atoms with Crippen LogP contribution in [0.1, 0.15) is 18.4 Å². The lowest BCUT2D eigenvalue weighted by atomic mass is 9.97. The predicted molar refractivity (Wildman–Crippen MR) is 151 cm³/mol. The van der Waals surface area contributed by atoms with Gasteiger partial charge in [-0.2, -0.15) is 4.31 Å². The van der Waals surface area contributed by atoms with Crippen LogP contribution in [0.3, 0.4) is 0 Å². The van der Waals surface area contributed by atoms with E-state index in [0.717, 1.165) is 5.56 Å². The van der Waals surface area contributed by atoms with Gasteiger partial charge in [0.1, 0.15) is 16.4 Å². The topological polar surface area (TPSA) is 105 Å². The molecular formula is C29H30ClN3O6S. The molecule has 5 rings (SSSR count). The van der Waals surface area contributed by atoms with Gasteiger partial charge < -0.3 is 19.7 Å². The molecule has 3 aromatic rings. The lowest BCUT2D eigenvalue weighted by Gasteiger charge is -2.38. The number of para-hydroxylation sites is 2. The van der Waals surface area contributed by atoms with Gasteiger partial charge in [0, 0.05) is 24.7 Å². The number of hydrogen-bond donors (Lipinski definition) is 1. The summed E-state index contributed by atoms with van der Waals surface area (Å²) in [6.07, 6.45) is 0.106. The van der Waals surface area contributed by atoms with Crippen molar-refractivity contribution in [2.75, 3.05) is 31.6 Å². The number of benzene rings is 3. The van der Waals surface area contributed by atoms with Crippen LogP contribution in [0.2, 0.25) is 5.02 Å². The molecule has 3 aromatic carbocycles. The van der Waals surface area contributed by atoms with Crippen LogP contribution >= 0.6 is 11.6 Å². The van der Waals surface area contributed by atoms with Crippen LogP contribution in [0.5, 0.6) is 11.5 Å². The van der Waals surface area contributed by atoms with Gasteiger partial charge in [0.25, 0.3) is 5.91 Å². The molecule has 0 radical (unpaired) electrons. The second-order valence-corrected chi connectivity index (χ2v) is 12.1. The lowest BCUT2D eigenvalue weighted by molar-refractivity contribution is -0.129. The fourth-order valence-corrected chi connectivity index (χ4v) is 6.99. The Hall–Kier alpha value is -3.60. The van der Waals surface area contributed by atoms with Gasteiger partial charge >= 0.3 is 0 Å². The number of nitrogens with one attached hydrogen (secondary N) is 1. The van der Waals surface area contributed by atoms with E-state index in [9.17, 15) is 18.0 Å². The number of carbonyl (C=O) groups excluding carboxylic acids is 2. The van der Waals surface area contributed by atoms with E-state index in [1.165, 1.54) is 23.5 Å². The number of ether oxygens (including phenoxy) is 2. The van der Waals surface area contributed by atoms with Crippen LogP contribution in [0, 0.1) is 5.92 Å². The summed E-state index contributed by atoms with van der Waals surface area (Å²) in [5, 5.41) is 3.16. The molecule has 0 aliphatic carbocycles. The summed E-state index contributed by atoms with van der Waals surface area (Å²) < 4.78 is 39.7. The molecule has 0 spiro atoms. The number of halogens is 1. The van der Waals surface area contributed by atoms with Crippen LogP contribution in [-0.2, 0) is 26.2 Å². The Balaban J connectivity index is 1.35. The Morgan fingerprint density at radius 1 is 1.05 bits per heavy atom. The van der Waals surface area contributed by atoms with E-state index in [0.29, 0.717) is 30.8 Å². The number of methoxy groups -OCH3 is 1. The third-order valence-electron chi connectivity index (χ3n) is 7.12. The number of sulfonamides is 1. The molecule has 0 aromatic heterocycles. The first-order valence-electron chi connectivity index (χ1n) is 13.0. The third-order valence-corrected chi connectivity index (χ3v) is 9.24. The first-order chi connectivity index (χ1) is 19.3. The molecule has 1 saturated heterocycles. The molecule has 0 unspecified atom stereocenters. The maximum Gasteiger partial charge on any atom is 0.263 e. The van der Waals surface area contributed by atoms with Crippen molar-refractivity contribution >= 4 is 39.1 Å². The average Bonchev–Trinajstić information content (AvgIpc) is 2.99. The molecule has 9 nitrogen and oxygen atoms in total. The minimum absolute atomic E-state index is 0.00122. The van der Waals surface area contributed by atoms with Crippen molar-refractivity contribution in [3.63, 3.8) is 0 Å². The van der Waals surface area contributed by atoms with Gasteiger partial charge in [-0.05, 0) is 48.7 Å². The molecule has 2 aliphatic heterocycles. The van der Waals surface area contributed by atoms with Crippen LogP contribution in [0.4, 0.5) is 5.69 Å². The second-order valence-electron chi connectivity index (χ2n) is 9.72. The first kappa shape index (κ1) is 27.9. The Bertz CT molecular complexity index is 1500. The molecule has 210 valence electrons. The number of rotatable bonds is 7. The Morgan fingerprint density at radius 3 is 2.58 bits per heavy atom. The Morgan fingerprint density at radius 2 is 1.80 bits per heavy atom. The summed E-state index contributed by atoms with van der Waals surface area (Å²) in [5.41, 5.74) is 1.50. The summed E-state index contributed by atoms with van der Waals surface area (Å²) in [4.78, 5) is 28.5. The maximum atomic E-state index is 13.9. The molecule has 2 amide bonds. The van der Waals surface area contributed by atoms with Crippen molar-refractivity contribution < 1.29 is 27.5 Å². The van der Waals surface area contributed by atoms with Gasteiger partial charge in [-0.3, -0.25) is 9.59 Å². The van der Waals surface area contributed by atoms with Crippen molar-refractivity contribution in [3.8, 4) is 11.5 Å². The highest BCUT2D eigenvalue weighted by molar-refractivity contribution is 7.89. The molecule has 2 atom stereocenters. The number of carbonyl (C=O) groups is 2. The molecule has 1 fully saturated rings. The van der Waals surface area contributed by atoms with Crippen LogP contribution in [0.15, 0.2) is 77.7 Å². The minimum Gasteiger partial charge on any atom is -0.495 e. The summed E-state index contributed by atoms with van der Waals surface area (Å²) in [5.74, 6) is -0.588. The van der Waals surface area contributed by atoms with E-state index < -0.39 is 22.0 Å². The van der Waals surface area contributed by atoms with Crippen LogP contribution in [-0.4, -0.2) is 57.4 Å². The lowest BCUT2D eigenvalue weighted by Crippen LogP contribution is -2.53. The molecule has 11 heteroatoms. The standard InChI is InChI=1S/C29H30ClN3O6S/c1-38-25-14-13-22(30)16-27(25)40(36,37)32-15-7-10-21(18-32)29(35)33-19-26(39-24-12-6-5-11-23(24)33)28(34)31-17-20-8-3-2-4-9-20/h2-6,8-9,11-14,16,21,26H,7,10,15,17-19H2,1H3,(H,31,34)/t21-,26+/m0/s1. The summed E-state index contributed by atoms with van der Waals surface area (Å²) >= 11 is 6.10. The SMILES string of the molecule is COc1ccc(Cl)cc1S(=O)(=O)N1CCC[C@H](C(=O)N2C[C@H](C(=O)NCc3ccccc3)Oc3ccccc32)C1. The van der Waals surface area contributed by atoms with Gasteiger partial charge in [0.15, 0.2) is 6.10 Å². The van der Waals surface area contributed by atoms with E-state index in [-0.39, 0.29) is 47.1 Å². The fraction of sp³-hybridized carbons (Fsp3) is 0.310. The highest BCUT2D eigenvalue weighted by atomic mass is 35.5. The van der Waals surface area contributed by atoms with Gasteiger partial charge in [-0.15, -0.1) is 0 Å². The summed E-state index contributed by atoms with van der Waals surface area (Å²) in [7, 11) is -2.58. The van der Waals surface area contributed by atoms with E-state index in [4.69, 9.17) is 21.1 Å². The van der Waals surface area contributed by atoms with Crippen molar-refractivity contribution in [2.24, 2.45) is 5.92 Å². The quantitative estimate of drug-likeness (QED) is 0.453. The molecular weight excluding hydrogens is 554 g/mol. The highest BCUT2D eigenvalue weighted by Crippen LogP contribution is 2.36. The zero-order chi connectivity index (χ0) is 28.3. The van der Waals surface area contributed by atoms with Gasteiger partial charge in [0.05, 0.1) is 25.3 Å². The van der Waals surface area contributed by atoms with E-state index in [1.807, 2.05) is 30.3 Å². The van der Waals surface area contributed by atoms with E-state index >= 15 is 0 Å². The third kappa shape index (κ3) is 5.79. The Kier molecular flexibility index (Phi) is 8.30. The monoisotopic (exact) mass is 583 g/mol. The fourth-order valence-electron chi connectivity index (χ4n) is 5.05. The van der Waals surface area contributed by atoms with Crippen LogP contribution in [0.25, 0.3) is 0 Å². The number of nitrogens with zero attached hydrogens (tertiary/aromatic N) is 2. The summed E-state index contributed by atoms with van der Waals surface area (Å²) in [6.45, 7) is 0.618. The molecule has 0 saturated carbocycles. The summed E-state index contributed by atoms with van der Waals surface area (Å²) in [6, 6.07) is 21.0. The molecule has 2 heterocycles. The predicted octanol–water partition coefficient (Wildman–Crippen LogP) is 3.86. The van der Waals surface area contributed by atoms with Crippen molar-refractivity contribution in [1.29, 1.82) is 0 Å². The van der Waals surface area contributed by atoms with E-state index in [1.54, 1.807) is 35.2 Å². The second kappa shape index (κ2) is 11.9. The maximum absolute atomic E-state index is 13.9. The highest BCUT2D eigenvalue weighted by Gasteiger charge is 2.40. The number of fused-ring (bicyclic) bond motifs is 1. The van der Waals surface area contributed by atoms with Crippen molar-refractivity contribution in [2.45, 2.75) is 30.4 Å². The number of hydrogen-bond acceptors (Lipinski definition) is 6. The molecule has 2 aliphatic rings. The first-order valence-corrected chi connectivity index (χ1v) is 14.8. The van der Waals surface area contributed by atoms with Crippen molar-refractivity contribution in [1.82, 2.24) is 9.62 Å². The number of amides is 2. The van der Waals surface area contributed by atoms with Crippen molar-refractivity contribution in [3.05, 3.63) is 83.4 Å². The van der Waals surface area contributed by atoms with E-state index in [2.05, 4.69) is 5.32 Å². The zero-order valence-electron chi connectivity index (χ0n) is 22.0. The zero-order valence-corrected chi connectivity index (χ0v) is 23.5. The van der Waals surface area contributed by atoms with Gasteiger partial charge in [-0.1, -0.05) is 54.1 Å². The molecule has 0 bridgehead atoms. The van der Waals surface area contributed by atoms with Crippen LogP contribution < -0.4 is 19.7 Å². The Labute approximate surface area is 238 Å². The number of anilines is 1. The largest absolute Gasteiger partial charge is 0.495 e. The average molecular weight is 584 g/mol. The normalized spacial score (nSPS) is 19.3. The number of piperidine rings is 1. The van der Waals surface area contributed by atoms with Gasteiger partial charge in [-0.25, -0.2) is 8.42 Å². The van der Waals surface area contributed by atoms with Gasteiger partial charge in [0.2, 0.25) is 15.9 Å². The molecule has 40 heavy (non-hydrogen) atoms.